The van der Waals surface area contributed by atoms with Gasteiger partial charge in [-0.1, -0.05) is 6.42 Å². The number of carbonyl (C=O) groups is 1. The monoisotopic (exact) mass is 298 g/mol. The molecule has 0 unspecified atom stereocenters. The van der Waals surface area contributed by atoms with Gasteiger partial charge >= 0.3 is 13.1 Å². The van der Waals surface area contributed by atoms with Crippen LogP contribution in [0.5, 0.6) is 0 Å². The van der Waals surface area contributed by atoms with Crippen LogP contribution >= 0.6 is 0 Å². The Morgan fingerprint density at radius 1 is 1.33 bits per heavy atom. The molecule has 2 saturated heterocycles. The van der Waals surface area contributed by atoms with Gasteiger partial charge in [0, 0.05) is 6.54 Å². The number of nitrogens with zero attached hydrogens (tertiary/aromatic N) is 1. The molecule has 0 bridgehead atoms. The van der Waals surface area contributed by atoms with Gasteiger partial charge in [0.05, 0.1) is 0 Å². The number of likely N-dealkylation sites (tertiary alicyclic amines) is 1. The SMILES string of the molecule is O=C(O)[C@@]1(CCN2CCCC2)NCC[C@H]1CCCB(O)O. The predicted molar refractivity (Wildman–Crippen MR) is 81.0 cm³/mol. The van der Waals surface area contributed by atoms with Gasteiger partial charge in [0.25, 0.3) is 0 Å². The Balaban J connectivity index is 1.92. The van der Waals surface area contributed by atoms with Crippen LogP contribution in [0.25, 0.3) is 0 Å². The molecule has 120 valence electrons. The summed E-state index contributed by atoms with van der Waals surface area (Å²) in [7, 11) is -1.29. The van der Waals surface area contributed by atoms with E-state index in [2.05, 4.69) is 10.2 Å². The van der Waals surface area contributed by atoms with E-state index in [0.29, 0.717) is 19.2 Å². The molecule has 2 heterocycles. The first-order valence-corrected chi connectivity index (χ1v) is 8.11. The van der Waals surface area contributed by atoms with Crippen molar-refractivity contribution in [2.24, 2.45) is 5.92 Å². The zero-order valence-corrected chi connectivity index (χ0v) is 12.6. The normalized spacial score (nSPS) is 29.9. The Morgan fingerprint density at radius 2 is 2.05 bits per heavy atom. The number of rotatable bonds is 8. The third-order valence-electron chi connectivity index (χ3n) is 5.05. The minimum atomic E-state index is -1.29. The van der Waals surface area contributed by atoms with Crippen molar-refractivity contribution in [1.82, 2.24) is 10.2 Å². The fourth-order valence-corrected chi connectivity index (χ4v) is 3.79. The molecule has 2 fully saturated rings. The predicted octanol–water partition coefficient (Wildman–Crippen LogP) is 0.158. The van der Waals surface area contributed by atoms with Gasteiger partial charge in [0.1, 0.15) is 5.54 Å². The molecule has 21 heavy (non-hydrogen) atoms. The van der Waals surface area contributed by atoms with E-state index >= 15 is 0 Å². The molecule has 0 spiro atoms. The minimum Gasteiger partial charge on any atom is -0.480 e. The topological polar surface area (TPSA) is 93.0 Å². The van der Waals surface area contributed by atoms with Crippen LogP contribution in [0.15, 0.2) is 0 Å². The summed E-state index contributed by atoms with van der Waals surface area (Å²) < 4.78 is 0. The third-order valence-corrected chi connectivity index (χ3v) is 5.05. The lowest BCUT2D eigenvalue weighted by molar-refractivity contribution is -0.146. The first-order chi connectivity index (χ1) is 10.0. The molecule has 2 aliphatic rings. The van der Waals surface area contributed by atoms with Crippen LogP contribution in [0.3, 0.4) is 0 Å². The first-order valence-electron chi connectivity index (χ1n) is 8.11. The van der Waals surface area contributed by atoms with E-state index < -0.39 is 18.6 Å². The number of carboxylic acids is 1. The maximum atomic E-state index is 11.9. The zero-order chi connectivity index (χ0) is 15.3. The number of hydrogen-bond acceptors (Lipinski definition) is 5. The molecule has 7 heteroatoms. The largest absolute Gasteiger partial charge is 0.480 e. The van der Waals surface area contributed by atoms with Crippen molar-refractivity contribution in [3.05, 3.63) is 0 Å². The lowest BCUT2D eigenvalue weighted by atomic mass is 9.76. The second-order valence-electron chi connectivity index (χ2n) is 6.40. The van der Waals surface area contributed by atoms with Crippen LogP contribution < -0.4 is 5.32 Å². The van der Waals surface area contributed by atoms with Crippen molar-refractivity contribution in [1.29, 1.82) is 0 Å². The fraction of sp³-hybridized carbons (Fsp3) is 0.929. The van der Waals surface area contributed by atoms with Crippen molar-refractivity contribution in [2.45, 2.75) is 50.4 Å². The second kappa shape index (κ2) is 7.58. The fourth-order valence-electron chi connectivity index (χ4n) is 3.79. The van der Waals surface area contributed by atoms with Crippen LogP contribution in [0, 0.1) is 5.92 Å². The van der Waals surface area contributed by atoms with E-state index in [-0.39, 0.29) is 5.92 Å². The van der Waals surface area contributed by atoms with Crippen LogP contribution in [-0.4, -0.2) is 64.9 Å². The molecular formula is C14H27BN2O4. The van der Waals surface area contributed by atoms with Gasteiger partial charge in [-0.05, 0) is 64.0 Å². The number of hydrogen-bond donors (Lipinski definition) is 4. The highest BCUT2D eigenvalue weighted by molar-refractivity contribution is 6.40. The Kier molecular flexibility index (Phi) is 6.04. The third kappa shape index (κ3) is 4.19. The van der Waals surface area contributed by atoms with E-state index in [1.54, 1.807) is 0 Å². The van der Waals surface area contributed by atoms with E-state index in [1.807, 2.05) is 0 Å². The molecule has 0 aromatic rings. The van der Waals surface area contributed by atoms with Gasteiger partial charge < -0.3 is 25.4 Å². The molecule has 6 nitrogen and oxygen atoms in total. The minimum absolute atomic E-state index is 0.0800. The molecule has 2 atom stereocenters. The van der Waals surface area contributed by atoms with E-state index in [0.717, 1.165) is 39.0 Å². The molecule has 4 N–H and O–H groups in total. The van der Waals surface area contributed by atoms with Crippen LogP contribution in [0.2, 0.25) is 6.32 Å². The van der Waals surface area contributed by atoms with E-state index in [9.17, 15) is 9.90 Å². The van der Waals surface area contributed by atoms with Crippen LogP contribution in [0.4, 0.5) is 0 Å². The summed E-state index contributed by atoms with van der Waals surface area (Å²) in [6.07, 6.45) is 5.62. The van der Waals surface area contributed by atoms with E-state index in [4.69, 9.17) is 10.0 Å². The number of aliphatic carboxylic acids is 1. The first kappa shape index (κ1) is 16.7. The van der Waals surface area contributed by atoms with Gasteiger partial charge in [-0.15, -0.1) is 0 Å². The molecule has 0 aromatic carbocycles. The summed E-state index contributed by atoms with van der Waals surface area (Å²) in [5, 5.41) is 30.8. The van der Waals surface area contributed by atoms with Crippen molar-refractivity contribution in [2.75, 3.05) is 26.2 Å². The molecule has 0 saturated carbocycles. The van der Waals surface area contributed by atoms with Gasteiger partial charge in [0.2, 0.25) is 0 Å². The van der Waals surface area contributed by atoms with Crippen LogP contribution in [-0.2, 0) is 4.79 Å². The second-order valence-corrected chi connectivity index (χ2v) is 6.40. The smallest absolute Gasteiger partial charge is 0.451 e. The molecule has 0 radical (unpaired) electrons. The summed E-state index contributed by atoms with van der Waals surface area (Å²) in [4.78, 5) is 14.2. The average molecular weight is 298 g/mol. The molecule has 0 aliphatic carbocycles. The van der Waals surface area contributed by atoms with Gasteiger partial charge in [-0.25, -0.2) is 0 Å². The van der Waals surface area contributed by atoms with Gasteiger partial charge in [-0.3, -0.25) is 4.79 Å². The lowest BCUT2D eigenvalue weighted by Crippen LogP contribution is -2.53. The summed E-state index contributed by atoms with van der Waals surface area (Å²) in [5.41, 5.74) is -0.830. The summed E-state index contributed by atoms with van der Waals surface area (Å²) in [6, 6.07) is 0. The average Bonchev–Trinajstić information content (AvgIpc) is 3.05. The highest BCUT2D eigenvalue weighted by Gasteiger charge is 2.48. The van der Waals surface area contributed by atoms with E-state index in [1.165, 1.54) is 12.8 Å². The number of carboxylic acid groups (broad SMARTS) is 1. The molecule has 0 amide bonds. The molecule has 2 rings (SSSR count). The summed E-state index contributed by atoms with van der Waals surface area (Å²) >= 11 is 0. The Bertz CT molecular complexity index is 350. The van der Waals surface area contributed by atoms with Gasteiger partial charge in [-0.2, -0.15) is 0 Å². The Morgan fingerprint density at radius 3 is 2.67 bits per heavy atom. The van der Waals surface area contributed by atoms with Crippen molar-refractivity contribution >= 4 is 13.1 Å². The molecule has 0 aromatic heterocycles. The van der Waals surface area contributed by atoms with Gasteiger partial charge in [0.15, 0.2) is 0 Å². The maximum absolute atomic E-state index is 11.9. The highest BCUT2D eigenvalue weighted by Crippen LogP contribution is 2.35. The lowest BCUT2D eigenvalue weighted by Gasteiger charge is -2.33. The summed E-state index contributed by atoms with van der Waals surface area (Å²) in [5.74, 6) is -0.676. The molecule has 2 aliphatic heterocycles. The summed E-state index contributed by atoms with van der Waals surface area (Å²) in [6.45, 7) is 3.73. The standard InChI is InChI=1S/C14H27BN2O4/c18-13(19)14(6-11-17-9-1-2-10-17)12(5-8-16-14)4-3-7-15(20)21/h12,16,20-21H,1-11H2,(H,18,19)/t12-,14+/m1/s1. The molecular weight excluding hydrogens is 271 g/mol. The zero-order valence-electron chi connectivity index (χ0n) is 12.6. The Hall–Kier alpha value is -0.625. The quantitative estimate of drug-likeness (QED) is 0.477. The number of nitrogens with one attached hydrogen (secondary N) is 1. The van der Waals surface area contributed by atoms with Crippen molar-refractivity contribution in [3.8, 4) is 0 Å². The van der Waals surface area contributed by atoms with Crippen LogP contribution in [0.1, 0.15) is 38.5 Å². The van der Waals surface area contributed by atoms with Crippen molar-refractivity contribution < 1.29 is 19.9 Å². The Labute approximate surface area is 126 Å². The maximum Gasteiger partial charge on any atom is 0.451 e. The van der Waals surface area contributed by atoms with Crippen molar-refractivity contribution in [3.63, 3.8) is 0 Å². The highest BCUT2D eigenvalue weighted by atomic mass is 16.4.